The molecule has 0 aromatic carbocycles. The molecule has 88 valence electrons. The number of hydrogen-bond acceptors (Lipinski definition) is 1. The summed E-state index contributed by atoms with van der Waals surface area (Å²) < 4.78 is 36.9. The highest BCUT2D eigenvalue weighted by Crippen LogP contribution is 2.51. The molecule has 4 heteroatoms. The first-order valence-electron chi connectivity index (χ1n) is 5.42. The largest absolute Gasteiger partial charge is 0.417 e. The molecule has 0 saturated heterocycles. The minimum absolute atomic E-state index is 0.363. The molecule has 1 nitrogen and oxygen atoms in total. The van der Waals surface area contributed by atoms with E-state index in [1.165, 1.54) is 6.07 Å². The zero-order valence-electron chi connectivity index (χ0n) is 9.25. The van der Waals surface area contributed by atoms with Crippen molar-refractivity contribution in [1.29, 1.82) is 0 Å². The van der Waals surface area contributed by atoms with Crippen LogP contribution in [0.15, 0.2) is 18.3 Å². The van der Waals surface area contributed by atoms with Crippen molar-refractivity contribution in [1.82, 2.24) is 4.98 Å². The van der Waals surface area contributed by atoms with Gasteiger partial charge in [0.25, 0.3) is 0 Å². The van der Waals surface area contributed by atoms with Gasteiger partial charge in [-0.05, 0) is 30.4 Å². The fourth-order valence-electron chi connectivity index (χ4n) is 2.08. The molecule has 0 radical (unpaired) electrons. The van der Waals surface area contributed by atoms with Crippen LogP contribution in [0.3, 0.4) is 0 Å². The average Bonchev–Trinajstić information content (AvgIpc) is 2.96. The van der Waals surface area contributed by atoms with Crippen LogP contribution in [-0.2, 0) is 6.18 Å². The van der Waals surface area contributed by atoms with Gasteiger partial charge in [-0.15, -0.1) is 0 Å². The highest BCUT2D eigenvalue weighted by molar-refractivity contribution is 5.23. The Hall–Kier alpha value is -1.06. The summed E-state index contributed by atoms with van der Waals surface area (Å²) in [5, 5.41) is 0. The predicted octanol–water partition coefficient (Wildman–Crippen LogP) is 3.86. The van der Waals surface area contributed by atoms with Gasteiger partial charge in [-0.25, -0.2) is 0 Å². The molecule has 0 bridgehead atoms. The number of alkyl halides is 3. The van der Waals surface area contributed by atoms with Gasteiger partial charge in [0.05, 0.1) is 5.56 Å². The molecule has 1 aromatic rings. The van der Waals surface area contributed by atoms with Crippen LogP contribution in [0.4, 0.5) is 13.2 Å². The maximum atomic E-state index is 12.3. The van der Waals surface area contributed by atoms with E-state index in [2.05, 4.69) is 18.8 Å². The van der Waals surface area contributed by atoms with E-state index in [-0.39, 0.29) is 0 Å². The van der Waals surface area contributed by atoms with E-state index in [9.17, 15) is 13.2 Å². The third-order valence-corrected chi connectivity index (χ3v) is 3.19. The molecule has 2 rings (SSSR count). The smallest absolute Gasteiger partial charge is 0.260 e. The third kappa shape index (κ3) is 2.20. The fraction of sp³-hybridized carbons (Fsp3) is 0.583. The standard InChI is InChI=1S/C12H14F3N/c1-7(2)9-5-10(9)11-4-3-8(6-16-11)12(13,14)15/h3-4,6-7,9-10H,5H2,1-2H3/t9-,10+/m1/s1. The Labute approximate surface area is 92.7 Å². The molecule has 2 atom stereocenters. The van der Waals surface area contributed by atoms with Crippen LogP contribution in [0.25, 0.3) is 0 Å². The third-order valence-electron chi connectivity index (χ3n) is 3.19. The van der Waals surface area contributed by atoms with Crippen LogP contribution in [0, 0.1) is 11.8 Å². The Bertz CT molecular complexity index is 367. The van der Waals surface area contributed by atoms with Crippen molar-refractivity contribution in [3.05, 3.63) is 29.6 Å². The SMILES string of the molecule is CC(C)[C@H]1C[C@@H]1c1ccc(C(F)(F)F)cn1. The van der Waals surface area contributed by atoms with Crippen molar-refractivity contribution < 1.29 is 13.2 Å². The zero-order chi connectivity index (χ0) is 11.9. The second kappa shape index (κ2) is 3.75. The van der Waals surface area contributed by atoms with Gasteiger partial charge in [0.2, 0.25) is 0 Å². The Kier molecular flexibility index (Phi) is 2.68. The molecule has 1 saturated carbocycles. The van der Waals surface area contributed by atoms with Crippen molar-refractivity contribution in [2.75, 3.05) is 0 Å². The van der Waals surface area contributed by atoms with Crippen LogP contribution in [-0.4, -0.2) is 4.98 Å². The van der Waals surface area contributed by atoms with E-state index in [1.807, 2.05) is 0 Å². The van der Waals surface area contributed by atoms with Gasteiger partial charge in [0, 0.05) is 17.8 Å². The van der Waals surface area contributed by atoms with E-state index < -0.39 is 11.7 Å². The molecule has 0 amide bonds. The highest BCUT2D eigenvalue weighted by Gasteiger charge is 2.41. The second-order valence-corrected chi connectivity index (χ2v) is 4.72. The van der Waals surface area contributed by atoms with E-state index in [1.54, 1.807) is 0 Å². The minimum atomic E-state index is -4.29. The van der Waals surface area contributed by atoms with E-state index in [0.29, 0.717) is 17.8 Å². The number of pyridine rings is 1. The van der Waals surface area contributed by atoms with Crippen molar-refractivity contribution >= 4 is 0 Å². The molecule has 1 aliphatic rings. The average molecular weight is 229 g/mol. The molecule has 1 fully saturated rings. The summed E-state index contributed by atoms with van der Waals surface area (Å²) in [7, 11) is 0. The van der Waals surface area contributed by atoms with Crippen LogP contribution in [0.5, 0.6) is 0 Å². The van der Waals surface area contributed by atoms with Crippen molar-refractivity contribution in [3.63, 3.8) is 0 Å². The molecule has 1 aliphatic carbocycles. The maximum absolute atomic E-state index is 12.3. The van der Waals surface area contributed by atoms with Crippen LogP contribution in [0.1, 0.15) is 37.4 Å². The molecule has 0 spiro atoms. The topological polar surface area (TPSA) is 12.9 Å². The van der Waals surface area contributed by atoms with Crippen molar-refractivity contribution in [2.45, 2.75) is 32.4 Å². The minimum Gasteiger partial charge on any atom is -0.260 e. The van der Waals surface area contributed by atoms with Crippen molar-refractivity contribution in [2.24, 2.45) is 11.8 Å². The first kappa shape index (κ1) is 11.4. The monoisotopic (exact) mass is 229 g/mol. The van der Waals surface area contributed by atoms with Gasteiger partial charge in [-0.3, -0.25) is 4.98 Å². The summed E-state index contributed by atoms with van der Waals surface area (Å²) in [6.45, 7) is 4.27. The fourth-order valence-corrected chi connectivity index (χ4v) is 2.08. The molecule has 1 heterocycles. The predicted molar refractivity (Wildman–Crippen MR) is 54.9 cm³/mol. The number of rotatable bonds is 2. The zero-order valence-corrected chi connectivity index (χ0v) is 9.25. The summed E-state index contributed by atoms with van der Waals surface area (Å²) in [4.78, 5) is 3.92. The van der Waals surface area contributed by atoms with Gasteiger partial charge in [0.15, 0.2) is 0 Å². The van der Waals surface area contributed by atoms with Gasteiger partial charge < -0.3 is 0 Å². The maximum Gasteiger partial charge on any atom is 0.417 e. The quantitative estimate of drug-likeness (QED) is 0.750. The molecule has 1 aromatic heterocycles. The van der Waals surface area contributed by atoms with Gasteiger partial charge in [-0.1, -0.05) is 13.8 Å². The van der Waals surface area contributed by atoms with Crippen molar-refractivity contribution in [3.8, 4) is 0 Å². The van der Waals surface area contributed by atoms with E-state index in [4.69, 9.17) is 0 Å². The second-order valence-electron chi connectivity index (χ2n) is 4.72. The van der Waals surface area contributed by atoms with Gasteiger partial charge in [0.1, 0.15) is 0 Å². The Morgan fingerprint density at radius 1 is 1.31 bits per heavy atom. The van der Waals surface area contributed by atoms with Crippen LogP contribution < -0.4 is 0 Å². The number of aromatic nitrogens is 1. The first-order valence-corrected chi connectivity index (χ1v) is 5.42. The molecule has 0 unspecified atom stereocenters. The first-order chi connectivity index (χ1) is 7.39. The summed E-state index contributed by atoms with van der Waals surface area (Å²) in [5.41, 5.74) is 0.129. The van der Waals surface area contributed by atoms with E-state index in [0.717, 1.165) is 24.4 Å². The van der Waals surface area contributed by atoms with Gasteiger partial charge >= 0.3 is 6.18 Å². The normalized spacial score (nSPS) is 24.9. The van der Waals surface area contributed by atoms with Crippen LogP contribution >= 0.6 is 0 Å². The Balaban J connectivity index is 2.10. The summed E-state index contributed by atoms with van der Waals surface area (Å²) >= 11 is 0. The molecule has 0 N–H and O–H groups in total. The summed E-state index contributed by atoms with van der Waals surface area (Å²) in [6.07, 6.45) is -2.30. The lowest BCUT2D eigenvalue weighted by Gasteiger charge is -2.07. The Morgan fingerprint density at radius 2 is 2.00 bits per heavy atom. The lowest BCUT2D eigenvalue weighted by molar-refractivity contribution is -0.137. The Morgan fingerprint density at radius 3 is 2.38 bits per heavy atom. The lowest BCUT2D eigenvalue weighted by Crippen LogP contribution is -2.06. The number of hydrogen-bond donors (Lipinski definition) is 0. The summed E-state index contributed by atoms with van der Waals surface area (Å²) in [6, 6.07) is 2.63. The number of nitrogens with zero attached hydrogens (tertiary/aromatic N) is 1. The highest BCUT2D eigenvalue weighted by atomic mass is 19.4. The number of halogens is 3. The van der Waals surface area contributed by atoms with Crippen LogP contribution in [0.2, 0.25) is 0 Å². The van der Waals surface area contributed by atoms with E-state index >= 15 is 0 Å². The molecule has 0 aliphatic heterocycles. The molecule has 16 heavy (non-hydrogen) atoms. The molecular weight excluding hydrogens is 215 g/mol. The summed E-state index contributed by atoms with van der Waals surface area (Å²) in [5.74, 6) is 1.53. The molecular formula is C12H14F3N. The lowest BCUT2D eigenvalue weighted by atomic mass is 10.1. The van der Waals surface area contributed by atoms with Gasteiger partial charge in [-0.2, -0.15) is 13.2 Å².